The summed E-state index contributed by atoms with van der Waals surface area (Å²) >= 11 is 5.85. The van der Waals surface area contributed by atoms with E-state index in [1.54, 1.807) is 12.1 Å². The zero-order chi connectivity index (χ0) is 11.0. The molecule has 0 saturated heterocycles. The number of halogens is 1. The number of pyridine rings is 1. The zero-order valence-corrected chi connectivity index (χ0v) is 9.83. The minimum atomic E-state index is 0.495. The van der Waals surface area contributed by atoms with E-state index < -0.39 is 0 Å². The van der Waals surface area contributed by atoms with Crippen molar-refractivity contribution in [1.29, 1.82) is 0 Å². The lowest BCUT2D eigenvalue weighted by Gasteiger charge is -2.19. The molecule has 0 bridgehead atoms. The number of nitrogens with zero attached hydrogens (tertiary/aromatic N) is 2. The molecule has 82 valence electrons. The predicted molar refractivity (Wildman–Crippen MR) is 64.2 cm³/mol. The van der Waals surface area contributed by atoms with Crippen LogP contribution < -0.4 is 10.6 Å². The fraction of sp³-hybridized carbons (Fsp3) is 0.545. The Balaban J connectivity index is 2.10. The summed E-state index contributed by atoms with van der Waals surface area (Å²) in [5.41, 5.74) is 6.55. The Morgan fingerprint density at radius 3 is 2.87 bits per heavy atom. The van der Waals surface area contributed by atoms with E-state index in [0.29, 0.717) is 10.8 Å². The van der Waals surface area contributed by atoms with Gasteiger partial charge in [0.25, 0.3) is 0 Å². The van der Waals surface area contributed by atoms with Crippen LogP contribution in [0.4, 0.5) is 11.5 Å². The maximum Gasteiger partial charge on any atom is 0.153 e. The maximum absolute atomic E-state index is 5.86. The van der Waals surface area contributed by atoms with Gasteiger partial charge in [-0.25, -0.2) is 4.98 Å². The van der Waals surface area contributed by atoms with Gasteiger partial charge in [0.15, 0.2) is 5.82 Å². The summed E-state index contributed by atoms with van der Waals surface area (Å²) in [5.74, 6) is 2.42. The molecule has 1 aliphatic carbocycles. The Bertz CT molecular complexity index is 367. The third kappa shape index (κ3) is 2.34. The van der Waals surface area contributed by atoms with Crippen molar-refractivity contribution < 1.29 is 0 Å². The standard InChI is InChI=1S/C11H16ClN3/c1-7-5-8(7)6-15(2)11-9(13)3-4-10(12)14-11/h3-4,7-8H,5-6,13H2,1-2H3. The third-order valence-corrected chi connectivity index (χ3v) is 3.23. The lowest BCUT2D eigenvalue weighted by atomic mass is 10.3. The van der Waals surface area contributed by atoms with E-state index in [1.165, 1.54) is 6.42 Å². The summed E-state index contributed by atoms with van der Waals surface area (Å²) in [6.07, 6.45) is 1.31. The molecule has 2 N–H and O–H groups in total. The summed E-state index contributed by atoms with van der Waals surface area (Å²) < 4.78 is 0. The van der Waals surface area contributed by atoms with Crippen molar-refractivity contribution in [1.82, 2.24) is 4.98 Å². The minimum Gasteiger partial charge on any atom is -0.396 e. The van der Waals surface area contributed by atoms with Gasteiger partial charge in [0.05, 0.1) is 5.69 Å². The molecule has 0 radical (unpaired) electrons. The lowest BCUT2D eigenvalue weighted by molar-refractivity contribution is 0.720. The van der Waals surface area contributed by atoms with Crippen LogP contribution in [0.5, 0.6) is 0 Å². The smallest absolute Gasteiger partial charge is 0.153 e. The highest BCUT2D eigenvalue weighted by molar-refractivity contribution is 6.29. The monoisotopic (exact) mass is 225 g/mol. The van der Waals surface area contributed by atoms with Crippen molar-refractivity contribution in [3.05, 3.63) is 17.3 Å². The number of nitrogen functional groups attached to an aromatic ring is 1. The summed E-state index contributed by atoms with van der Waals surface area (Å²) in [7, 11) is 2.01. The molecule has 2 rings (SSSR count). The van der Waals surface area contributed by atoms with Gasteiger partial charge in [-0.05, 0) is 30.4 Å². The molecule has 1 aromatic heterocycles. The molecule has 0 aliphatic heterocycles. The van der Waals surface area contributed by atoms with Crippen LogP contribution in [-0.2, 0) is 0 Å². The number of anilines is 2. The lowest BCUT2D eigenvalue weighted by Crippen LogP contribution is -2.22. The Hall–Kier alpha value is -0.960. The van der Waals surface area contributed by atoms with Crippen molar-refractivity contribution >= 4 is 23.1 Å². The van der Waals surface area contributed by atoms with Gasteiger partial charge >= 0.3 is 0 Å². The normalized spacial score (nSPS) is 23.9. The van der Waals surface area contributed by atoms with Crippen LogP contribution in [0, 0.1) is 11.8 Å². The molecule has 1 fully saturated rings. The first-order valence-electron chi connectivity index (χ1n) is 5.21. The van der Waals surface area contributed by atoms with Gasteiger partial charge in [0.2, 0.25) is 0 Å². The fourth-order valence-corrected chi connectivity index (χ4v) is 1.98. The first kappa shape index (κ1) is 10.6. The molecule has 0 aromatic carbocycles. The number of rotatable bonds is 3. The van der Waals surface area contributed by atoms with Crippen molar-refractivity contribution in [2.24, 2.45) is 11.8 Å². The van der Waals surface area contributed by atoms with Gasteiger partial charge < -0.3 is 10.6 Å². The van der Waals surface area contributed by atoms with Crippen LogP contribution in [0.2, 0.25) is 5.15 Å². The van der Waals surface area contributed by atoms with E-state index in [4.69, 9.17) is 17.3 Å². The Morgan fingerprint density at radius 2 is 2.27 bits per heavy atom. The second-order valence-corrected chi connectivity index (χ2v) is 4.79. The molecule has 1 aromatic rings. The molecule has 15 heavy (non-hydrogen) atoms. The largest absolute Gasteiger partial charge is 0.396 e. The Labute approximate surface area is 95.2 Å². The maximum atomic E-state index is 5.86. The molecule has 2 atom stereocenters. The highest BCUT2D eigenvalue weighted by Crippen LogP contribution is 2.39. The van der Waals surface area contributed by atoms with Gasteiger partial charge in [-0.15, -0.1) is 0 Å². The Kier molecular flexibility index (Phi) is 2.74. The van der Waals surface area contributed by atoms with Gasteiger partial charge in [0.1, 0.15) is 5.15 Å². The Morgan fingerprint density at radius 1 is 1.60 bits per heavy atom. The van der Waals surface area contributed by atoms with E-state index >= 15 is 0 Å². The van der Waals surface area contributed by atoms with Crippen LogP contribution in [0.15, 0.2) is 12.1 Å². The topological polar surface area (TPSA) is 42.2 Å². The van der Waals surface area contributed by atoms with Crippen molar-refractivity contribution in [2.45, 2.75) is 13.3 Å². The van der Waals surface area contributed by atoms with Crippen LogP contribution in [0.3, 0.4) is 0 Å². The molecule has 1 heterocycles. The summed E-state index contributed by atoms with van der Waals surface area (Å²) in [6, 6.07) is 3.52. The summed E-state index contributed by atoms with van der Waals surface area (Å²) in [5, 5.41) is 0.495. The molecule has 1 aliphatic rings. The first-order chi connectivity index (χ1) is 7.08. The van der Waals surface area contributed by atoms with Gasteiger partial charge in [-0.3, -0.25) is 0 Å². The molecule has 4 heteroatoms. The molecule has 3 nitrogen and oxygen atoms in total. The number of nitrogens with two attached hydrogens (primary N) is 1. The zero-order valence-electron chi connectivity index (χ0n) is 9.07. The second-order valence-electron chi connectivity index (χ2n) is 4.40. The number of hydrogen-bond donors (Lipinski definition) is 1. The number of aromatic nitrogens is 1. The molecule has 0 amide bonds. The molecule has 2 unspecified atom stereocenters. The van der Waals surface area contributed by atoms with E-state index in [2.05, 4.69) is 16.8 Å². The molecule has 0 spiro atoms. The SMILES string of the molecule is CC1CC1CN(C)c1nc(Cl)ccc1N. The minimum absolute atomic E-state index is 0.495. The summed E-state index contributed by atoms with van der Waals surface area (Å²) in [6.45, 7) is 3.28. The van der Waals surface area contributed by atoms with E-state index in [1.807, 2.05) is 7.05 Å². The van der Waals surface area contributed by atoms with Crippen LogP contribution in [0.1, 0.15) is 13.3 Å². The molecular weight excluding hydrogens is 210 g/mol. The van der Waals surface area contributed by atoms with Crippen molar-refractivity contribution in [3.63, 3.8) is 0 Å². The number of hydrogen-bond acceptors (Lipinski definition) is 3. The predicted octanol–water partition coefficient (Wildman–Crippen LogP) is 2.41. The van der Waals surface area contributed by atoms with Gasteiger partial charge in [-0.2, -0.15) is 0 Å². The van der Waals surface area contributed by atoms with E-state index in [9.17, 15) is 0 Å². The van der Waals surface area contributed by atoms with Crippen molar-refractivity contribution in [3.8, 4) is 0 Å². The third-order valence-electron chi connectivity index (χ3n) is 3.02. The van der Waals surface area contributed by atoms with Crippen molar-refractivity contribution in [2.75, 3.05) is 24.2 Å². The average Bonchev–Trinajstić information content (AvgIpc) is 2.86. The quantitative estimate of drug-likeness (QED) is 0.804. The first-order valence-corrected chi connectivity index (χ1v) is 5.59. The average molecular weight is 226 g/mol. The fourth-order valence-electron chi connectivity index (χ4n) is 1.83. The van der Waals surface area contributed by atoms with Crippen LogP contribution >= 0.6 is 11.6 Å². The van der Waals surface area contributed by atoms with Crippen LogP contribution in [-0.4, -0.2) is 18.6 Å². The van der Waals surface area contributed by atoms with Crippen LogP contribution in [0.25, 0.3) is 0 Å². The van der Waals surface area contributed by atoms with Gasteiger partial charge in [-0.1, -0.05) is 18.5 Å². The van der Waals surface area contributed by atoms with E-state index in [-0.39, 0.29) is 0 Å². The highest BCUT2D eigenvalue weighted by atomic mass is 35.5. The summed E-state index contributed by atoms with van der Waals surface area (Å²) in [4.78, 5) is 6.34. The molecule has 1 saturated carbocycles. The highest BCUT2D eigenvalue weighted by Gasteiger charge is 2.33. The van der Waals surface area contributed by atoms with E-state index in [0.717, 1.165) is 24.2 Å². The molecular formula is C11H16ClN3. The van der Waals surface area contributed by atoms with Gasteiger partial charge in [0, 0.05) is 13.6 Å². The second kappa shape index (κ2) is 3.89.